The van der Waals surface area contributed by atoms with Gasteiger partial charge in [0.1, 0.15) is 0 Å². The molecule has 1 aliphatic heterocycles. The van der Waals surface area contributed by atoms with E-state index in [4.69, 9.17) is 6.42 Å². The van der Waals surface area contributed by atoms with Gasteiger partial charge >= 0.3 is 0 Å². The number of terminal acetylenes is 1. The maximum absolute atomic E-state index is 5.26. The maximum atomic E-state index is 5.26. The summed E-state index contributed by atoms with van der Waals surface area (Å²) in [5.41, 5.74) is 0. The smallest absolute Gasteiger partial charge is 0.0214 e. The second-order valence-electron chi connectivity index (χ2n) is 4.50. The van der Waals surface area contributed by atoms with Gasteiger partial charge in [0.25, 0.3) is 0 Å². The molecule has 0 aromatic carbocycles. The Labute approximate surface area is 88.3 Å². The van der Waals surface area contributed by atoms with E-state index in [0.29, 0.717) is 0 Å². The Kier molecular flexibility index (Phi) is 5.00. The molecule has 0 aliphatic carbocycles. The SMILES string of the molecule is C#CCCN1CCC(CN(C)C)CC1. The lowest BCUT2D eigenvalue weighted by Crippen LogP contribution is -2.37. The summed E-state index contributed by atoms with van der Waals surface area (Å²) in [5.74, 6) is 3.60. The average molecular weight is 194 g/mol. The normalized spacial score (nSPS) is 19.9. The Balaban J connectivity index is 2.15. The molecule has 0 spiro atoms. The molecule has 0 atom stereocenters. The molecule has 14 heavy (non-hydrogen) atoms. The molecule has 1 heterocycles. The summed E-state index contributed by atoms with van der Waals surface area (Å²) in [6, 6.07) is 0. The number of piperidine rings is 1. The third kappa shape index (κ3) is 4.13. The predicted octanol–water partition coefficient (Wildman–Crippen LogP) is 1.28. The molecule has 1 rings (SSSR count). The van der Waals surface area contributed by atoms with Crippen molar-refractivity contribution in [2.24, 2.45) is 5.92 Å². The highest BCUT2D eigenvalue weighted by atomic mass is 15.1. The number of hydrogen-bond acceptors (Lipinski definition) is 2. The van der Waals surface area contributed by atoms with Crippen molar-refractivity contribution in [1.29, 1.82) is 0 Å². The van der Waals surface area contributed by atoms with Crippen LogP contribution in [-0.4, -0.2) is 50.1 Å². The van der Waals surface area contributed by atoms with Gasteiger partial charge in [-0.15, -0.1) is 12.3 Å². The zero-order chi connectivity index (χ0) is 10.4. The molecule has 0 saturated carbocycles. The Morgan fingerprint density at radius 3 is 2.50 bits per heavy atom. The van der Waals surface area contributed by atoms with Crippen LogP contribution in [-0.2, 0) is 0 Å². The highest BCUT2D eigenvalue weighted by Gasteiger charge is 2.18. The quantitative estimate of drug-likeness (QED) is 0.622. The van der Waals surface area contributed by atoms with Crippen LogP contribution < -0.4 is 0 Å². The first-order valence-corrected chi connectivity index (χ1v) is 5.53. The fraction of sp³-hybridized carbons (Fsp3) is 0.833. The van der Waals surface area contributed by atoms with E-state index in [1.165, 1.54) is 32.5 Å². The number of nitrogens with zero attached hydrogens (tertiary/aromatic N) is 2. The fourth-order valence-electron chi connectivity index (χ4n) is 2.13. The van der Waals surface area contributed by atoms with Gasteiger partial charge in [0.2, 0.25) is 0 Å². The van der Waals surface area contributed by atoms with Crippen LogP contribution in [0.5, 0.6) is 0 Å². The summed E-state index contributed by atoms with van der Waals surface area (Å²) in [7, 11) is 4.31. The van der Waals surface area contributed by atoms with E-state index in [1.807, 2.05) is 0 Å². The van der Waals surface area contributed by atoms with Gasteiger partial charge in [-0.1, -0.05) is 0 Å². The zero-order valence-electron chi connectivity index (χ0n) is 9.50. The summed E-state index contributed by atoms with van der Waals surface area (Å²) < 4.78 is 0. The first kappa shape index (κ1) is 11.6. The van der Waals surface area contributed by atoms with Crippen LogP contribution in [0.2, 0.25) is 0 Å². The molecular weight excluding hydrogens is 172 g/mol. The van der Waals surface area contributed by atoms with E-state index in [2.05, 4.69) is 29.8 Å². The van der Waals surface area contributed by atoms with Gasteiger partial charge in [-0.3, -0.25) is 0 Å². The minimum atomic E-state index is 0.895. The van der Waals surface area contributed by atoms with Crippen molar-refractivity contribution in [1.82, 2.24) is 9.80 Å². The van der Waals surface area contributed by atoms with Crippen molar-refractivity contribution in [3.05, 3.63) is 0 Å². The van der Waals surface area contributed by atoms with Gasteiger partial charge in [-0.25, -0.2) is 0 Å². The number of hydrogen-bond donors (Lipinski definition) is 0. The molecule has 80 valence electrons. The van der Waals surface area contributed by atoms with Gasteiger partial charge in [0.05, 0.1) is 0 Å². The molecule has 1 fully saturated rings. The topological polar surface area (TPSA) is 6.48 Å². The zero-order valence-corrected chi connectivity index (χ0v) is 9.50. The first-order valence-electron chi connectivity index (χ1n) is 5.53. The van der Waals surface area contributed by atoms with E-state index in [-0.39, 0.29) is 0 Å². The monoisotopic (exact) mass is 194 g/mol. The summed E-state index contributed by atoms with van der Waals surface area (Å²) in [5, 5.41) is 0. The van der Waals surface area contributed by atoms with E-state index >= 15 is 0 Å². The first-order chi connectivity index (χ1) is 6.72. The molecule has 0 aromatic rings. The van der Waals surface area contributed by atoms with Crippen molar-refractivity contribution in [3.8, 4) is 12.3 Å². The molecule has 1 saturated heterocycles. The van der Waals surface area contributed by atoms with E-state index in [9.17, 15) is 0 Å². The van der Waals surface area contributed by atoms with Crippen molar-refractivity contribution in [2.75, 3.05) is 40.3 Å². The fourth-order valence-corrected chi connectivity index (χ4v) is 2.13. The van der Waals surface area contributed by atoms with Crippen molar-refractivity contribution >= 4 is 0 Å². The Bertz CT molecular complexity index is 185. The molecule has 0 N–H and O–H groups in total. The standard InChI is InChI=1S/C12H22N2/c1-4-5-8-14-9-6-12(7-10-14)11-13(2)3/h1,12H,5-11H2,2-3H3. The molecule has 0 amide bonds. The molecule has 2 nitrogen and oxygen atoms in total. The van der Waals surface area contributed by atoms with Crippen molar-refractivity contribution in [2.45, 2.75) is 19.3 Å². The van der Waals surface area contributed by atoms with Crippen molar-refractivity contribution < 1.29 is 0 Å². The lowest BCUT2D eigenvalue weighted by molar-refractivity contribution is 0.165. The van der Waals surface area contributed by atoms with Crippen LogP contribution in [0.1, 0.15) is 19.3 Å². The highest BCUT2D eigenvalue weighted by molar-refractivity contribution is 4.85. The van der Waals surface area contributed by atoms with Crippen LogP contribution in [0, 0.1) is 18.3 Å². The van der Waals surface area contributed by atoms with Gasteiger partial charge < -0.3 is 9.80 Å². The minimum Gasteiger partial charge on any atom is -0.309 e. The molecule has 1 aliphatic rings. The number of rotatable bonds is 4. The molecule has 0 bridgehead atoms. The molecule has 0 radical (unpaired) electrons. The van der Waals surface area contributed by atoms with Crippen LogP contribution in [0.3, 0.4) is 0 Å². The van der Waals surface area contributed by atoms with Crippen LogP contribution >= 0.6 is 0 Å². The third-order valence-corrected chi connectivity index (χ3v) is 2.90. The second kappa shape index (κ2) is 6.06. The summed E-state index contributed by atoms with van der Waals surface area (Å²) in [6.07, 6.45) is 8.83. The van der Waals surface area contributed by atoms with E-state index in [1.54, 1.807) is 0 Å². The third-order valence-electron chi connectivity index (χ3n) is 2.90. The van der Waals surface area contributed by atoms with E-state index < -0.39 is 0 Å². The molecular formula is C12H22N2. The Morgan fingerprint density at radius 1 is 1.36 bits per heavy atom. The predicted molar refractivity (Wildman–Crippen MR) is 61.2 cm³/mol. The Morgan fingerprint density at radius 2 is 2.00 bits per heavy atom. The van der Waals surface area contributed by atoms with Gasteiger partial charge in [0.15, 0.2) is 0 Å². The lowest BCUT2D eigenvalue weighted by Gasteiger charge is -2.32. The van der Waals surface area contributed by atoms with Crippen LogP contribution in [0.4, 0.5) is 0 Å². The van der Waals surface area contributed by atoms with Crippen molar-refractivity contribution in [3.63, 3.8) is 0 Å². The van der Waals surface area contributed by atoms with E-state index in [0.717, 1.165) is 18.9 Å². The second-order valence-corrected chi connectivity index (χ2v) is 4.50. The van der Waals surface area contributed by atoms with Gasteiger partial charge in [0, 0.05) is 19.5 Å². The molecule has 2 heteroatoms. The molecule has 0 aromatic heterocycles. The van der Waals surface area contributed by atoms with Crippen LogP contribution in [0.25, 0.3) is 0 Å². The average Bonchev–Trinajstić information content (AvgIpc) is 2.16. The summed E-state index contributed by atoms with van der Waals surface area (Å²) in [6.45, 7) is 4.80. The lowest BCUT2D eigenvalue weighted by atomic mass is 9.96. The summed E-state index contributed by atoms with van der Waals surface area (Å²) in [4.78, 5) is 4.79. The number of likely N-dealkylation sites (tertiary alicyclic amines) is 1. The minimum absolute atomic E-state index is 0.895. The molecule has 0 unspecified atom stereocenters. The van der Waals surface area contributed by atoms with Gasteiger partial charge in [-0.05, 0) is 45.9 Å². The largest absolute Gasteiger partial charge is 0.309 e. The maximum Gasteiger partial charge on any atom is 0.0214 e. The Hall–Kier alpha value is -0.520. The van der Waals surface area contributed by atoms with Crippen LogP contribution in [0.15, 0.2) is 0 Å². The summed E-state index contributed by atoms with van der Waals surface area (Å²) >= 11 is 0. The highest BCUT2D eigenvalue weighted by Crippen LogP contribution is 2.17. The van der Waals surface area contributed by atoms with Gasteiger partial charge in [-0.2, -0.15) is 0 Å².